The standard InChI is InChI=1S/C33H40FN3O4/c1-32(10-3-11-32)17-37-30(39)27-24-15-22(13-21(24)12-18-4-5-18)28(27)33(31(36)40)16-20(7-9-26(33)41-2)23-14-19(29(35)38)6-8-25(23)34/h6-9,12,14,18,22,24,27-28H,3-5,10-11,13,15-17H2,1-2H3,(H2,35,38)(H2,36,40)(H,37,39)/t22-,24-,27-,28+,33?/m0/s1. The summed E-state index contributed by atoms with van der Waals surface area (Å²) in [5.41, 5.74) is 12.8. The smallest absolute Gasteiger partial charge is 0.248 e. The maximum Gasteiger partial charge on any atom is 0.248 e. The number of primary amides is 2. The zero-order valence-corrected chi connectivity index (χ0v) is 23.9. The van der Waals surface area contributed by atoms with E-state index in [0.717, 1.165) is 25.7 Å². The van der Waals surface area contributed by atoms with Crippen molar-refractivity contribution in [3.63, 3.8) is 0 Å². The number of rotatable bonds is 9. The first-order valence-electron chi connectivity index (χ1n) is 14.9. The molecular formula is C33H40FN3O4. The Kier molecular flexibility index (Phi) is 6.86. The van der Waals surface area contributed by atoms with E-state index >= 15 is 4.39 Å². The highest BCUT2D eigenvalue weighted by Crippen LogP contribution is 2.65. The van der Waals surface area contributed by atoms with Gasteiger partial charge in [0.05, 0.1) is 7.11 Å². The van der Waals surface area contributed by atoms with Gasteiger partial charge in [-0.1, -0.05) is 31.1 Å². The zero-order chi connectivity index (χ0) is 29.1. The number of carbonyl (C=O) groups is 3. The highest BCUT2D eigenvalue weighted by atomic mass is 19.1. The van der Waals surface area contributed by atoms with Gasteiger partial charge in [0.25, 0.3) is 0 Å². The summed E-state index contributed by atoms with van der Waals surface area (Å²) in [4.78, 5) is 39.7. The number of nitrogens with two attached hydrogens (primary N) is 2. The third-order valence-electron chi connectivity index (χ3n) is 10.7. The van der Waals surface area contributed by atoms with Crippen molar-refractivity contribution in [2.24, 2.45) is 51.9 Å². The summed E-state index contributed by atoms with van der Waals surface area (Å²) in [6.07, 6.45) is 13.2. The fraction of sp³-hybridized carbons (Fsp3) is 0.545. The molecule has 218 valence electrons. The largest absolute Gasteiger partial charge is 0.500 e. The van der Waals surface area contributed by atoms with Gasteiger partial charge in [-0.3, -0.25) is 14.4 Å². The molecule has 41 heavy (non-hydrogen) atoms. The molecule has 5 N–H and O–H groups in total. The number of hydrogen-bond donors (Lipinski definition) is 3. The third kappa shape index (κ3) is 4.69. The number of fused-ring (bicyclic) bond motifs is 2. The monoisotopic (exact) mass is 561 g/mol. The Balaban J connectivity index is 1.40. The van der Waals surface area contributed by atoms with Crippen LogP contribution in [0.5, 0.6) is 0 Å². The molecule has 0 aromatic heterocycles. The average Bonchev–Trinajstić information content (AvgIpc) is 3.55. The quantitative estimate of drug-likeness (QED) is 0.380. The van der Waals surface area contributed by atoms with Crippen molar-refractivity contribution in [1.29, 1.82) is 0 Å². The molecule has 4 saturated carbocycles. The van der Waals surface area contributed by atoms with Gasteiger partial charge in [0.2, 0.25) is 17.7 Å². The van der Waals surface area contributed by atoms with Gasteiger partial charge in [0, 0.05) is 23.6 Å². The van der Waals surface area contributed by atoms with Crippen molar-refractivity contribution in [3.8, 4) is 0 Å². The predicted molar refractivity (Wildman–Crippen MR) is 153 cm³/mol. The predicted octanol–water partition coefficient (Wildman–Crippen LogP) is 4.63. The van der Waals surface area contributed by atoms with E-state index in [0.29, 0.717) is 23.8 Å². The van der Waals surface area contributed by atoms with Gasteiger partial charge in [0.1, 0.15) is 17.0 Å². The molecule has 1 unspecified atom stereocenters. The van der Waals surface area contributed by atoms with Crippen LogP contribution in [0.15, 0.2) is 47.8 Å². The number of ether oxygens (including phenoxy) is 1. The fourth-order valence-electron chi connectivity index (χ4n) is 8.18. The van der Waals surface area contributed by atoms with Crippen LogP contribution >= 0.6 is 0 Å². The van der Waals surface area contributed by atoms with Gasteiger partial charge in [0.15, 0.2) is 0 Å². The first-order valence-corrected chi connectivity index (χ1v) is 14.9. The highest BCUT2D eigenvalue weighted by molar-refractivity contribution is 5.95. The number of benzene rings is 1. The maximum atomic E-state index is 15.2. The fourth-order valence-corrected chi connectivity index (χ4v) is 8.18. The number of nitrogens with one attached hydrogen (secondary N) is 1. The molecule has 2 bridgehead atoms. The van der Waals surface area contributed by atoms with Crippen molar-refractivity contribution in [3.05, 3.63) is 64.7 Å². The van der Waals surface area contributed by atoms with Crippen LogP contribution in [0.2, 0.25) is 0 Å². The van der Waals surface area contributed by atoms with Crippen LogP contribution < -0.4 is 16.8 Å². The molecule has 4 fully saturated rings. The van der Waals surface area contributed by atoms with Crippen LogP contribution in [0.1, 0.15) is 74.2 Å². The van der Waals surface area contributed by atoms with Gasteiger partial charge >= 0.3 is 0 Å². The van der Waals surface area contributed by atoms with Crippen LogP contribution in [0.3, 0.4) is 0 Å². The van der Waals surface area contributed by atoms with E-state index in [2.05, 4.69) is 18.3 Å². The van der Waals surface area contributed by atoms with Gasteiger partial charge in [-0.15, -0.1) is 0 Å². The number of amides is 3. The molecule has 3 amide bonds. The van der Waals surface area contributed by atoms with E-state index in [1.54, 1.807) is 12.2 Å². The second kappa shape index (κ2) is 10.1. The summed E-state index contributed by atoms with van der Waals surface area (Å²) in [6.45, 7) is 2.82. The van der Waals surface area contributed by atoms with E-state index < -0.39 is 34.9 Å². The van der Waals surface area contributed by atoms with Gasteiger partial charge < -0.3 is 21.5 Å². The SMILES string of the molecule is COC1=CC=C(c2cc(C(N)=O)ccc2F)CC1(C(N)=O)[C@@H]1[C@H]2CC(=CC3CC3)[C@H](C2)[C@@H]1C(=O)NCC1(C)CCC1. The Morgan fingerprint density at radius 3 is 2.54 bits per heavy atom. The first-order chi connectivity index (χ1) is 19.6. The van der Waals surface area contributed by atoms with Crippen LogP contribution in [-0.4, -0.2) is 31.4 Å². The molecule has 5 atom stereocenters. The van der Waals surface area contributed by atoms with Crippen LogP contribution in [0, 0.1) is 46.2 Å². The molecule has 7 nitrogen and oxygen atoms in total. The Morgan fingerprint density at radius 1 is 1.17 bits per heavy atom. The summed E-state index contributed by atoms with van der Waals surface area (Å²) >= 11 is 0. The normalized spacial score (nSPS) is 32.6. The lowest BCUT2D eigenvalue weighted by Gasteiger charge is -2.47. The summed E-state index contributed by atoms with van der Waals surface area (Å²) in [6, 6.07) is 3.97. The molecule has 0 saturated heterocycles. The second-order valence-electron chi connectivity index (χ2n) is 13.3. The van der Waals surface area contributed by atoms with Crippen molar-refractivity contribution in [2.45, 2.75) is 58.3 Å². The van der Waals surface area contributed by atoms with Crippen molar-refractivity contribution in [2.75, 3.05) is 13.7 Å². The van der Waals surface area contributed by atoms with Gasteiger partial charge in [-0.2, -0.15) is 0 Å². The number of carbonyl (C=O) groups excluding carboxylic acids is 3. The second-order valence-corrected chi connectivity index (χ2v) is 13.3. The van der Waals surface area contributed by atoms with Crippen molar-refractivity contribution in [1.82, 2.24) is 5.32 Å². The highest BCUT2D eigenvalue weighted by Gasteiger charge is 2.64. The number of hydrogen-bond acceptors (Lipinski definition) is 4. The molecule has 0 radical (unpaired) electrons. The maximum absolute atomic E-state index is 15.2. The van der Waals surface area contributed by atoms with Crippen molar-refractivity contribution < 1.29 is 23.5 Å². The molecule has 5 aliphatic rings. The molecule has 1 aromatic rings. The summed E-state index contributed by atoms with van der Waals surface area (Å²) < 4.78 is 21.0. The molecule has 6 rings (SSSR count). The molecular weight excluding hydrogens is 521 g/mol. The lowest BCUT2D eigenvalue weighted by molar-refractivity contribution is -0.138. The van der Waals surface area contributed by atoms with Crippen LogP contribution in [0.25, 0.3) is 5.57 Å². The molecule has 0 spiro atoms. The van der Waals surface area contributed by atoms with Crippen LogP contribution in [0.4, 0.5) is 4.39 Å². The summed E-state index contributed by atoms with van der Waals surface area (Å²) in [5, 5.41) is 3.27. The van der Waals surface area contributed by atoms with E-state index in [-0.39, 0.29) is 40.7 Å². The molecule has 8 heteroatoms. The first kappa shape index (κ1) is 27.7. The lowest BCUT2D eigenvalue weighted by atomic mass is 9.57. The van der Waals surface area contributed by atoms with Crippen LogP contribution in [-0.2, 0) is 14.3 Å². The molecule has 1 aromatic carbocycles. The van der Waals surface area contributed by atoms with Crippen molar-refractivity contribution >= 4 is 23.3 Å². The average molecular weight is 562 g/mol. The minimum atomic E-state index is -1.35. The van der Waals surface area contributed by atoms with E-state index in [4.69, 9.17) is 16.2 Å². The Labute approximate surface area is 240 Å². The number of allylic oxidation sites excluding steroid dienone is 5. The zero-order valence-electron chi connectivity index (χ0n) is 23.9. The Morgan fingerprint density at radius 2 is 1.93 bits per heavy atom. The number of methoxy groups -OCH3 is 1. The Bertz CT molecular complexity index is 1390. The van der Waals surface area contributed by atoms with Gasteiger partial charge in [-0.05, 0) is 104 Å². The summed E-state index contributed by atoms with van der Waals surface area (Å²) in [7, 11) is 1.51. The summed E-state index contributed by atoms with van der Waals surface area (Å²) in [5.74, 6) is -1.59. The number of halogens is 1. The topological polar surface area (TPSA) is 125 Å². The third-order valence-corrected chi connectivity index (χ3v) is 10.7. The lowest BCUT2D eigenvalue weighted by Crippen LogP contribution is -2.54. The van der Waals surface area contributed by atoms with Gasteiger partial charge in [-0.25, -0.2) is 4.39 Å². The van der Waals surface area contributed by atoms with E-state index in [1.165, 1.54) is 50.1 Å². The minimum Gasteiger partial charge on any atom is -0.500 e. The molecule has 0 heterocycles. The van der Waals surface area contributed by atoms with E-state index in [1.807, 2.05) is 0 Å². The molecule has 5 aliphatic carbocycles. The Hall–Kier alpha value is -3.42. The van der Waals surface area contributed by atoms with E-state index in [9.17, 15) is 14.4 Å². The molecule has 0 aliphatic heterocycles. The minimum absolute atomic E-state index is 0.0360.